The van der Waals surface area contributed by atoms with Crippen molar-refractivity contribution >= 4 is 34.6 Å². The summed E-state index contributed by atoms with van der Waals surface area (Å²) in [6.45, 7) is 0. The van der Waals surface area contributed by atoms with Gasteiger partial charge in [0.25, 0.3) is 0 Å². The second kappa shape index (κ2) is 14.0. The molecule has 0 amide bonds. The Bertz CT molecular complexity index is 1460. The number of hydrogen-bond donors (Lipinski definition) is 0. The van der Waals surface area contributed by atoms with Crippen molar-refractivity contribution in [1.82, 2.24) is 0 Å². The van der Waals surface area contributed by atoms with Gasteiger partial charge in [0.05, 0.1) is 0 Å². The van der Waals surface area contributed by atoms with Gasteiger partial charge in [-0.1, -0.05) is 102 Å². The number of hydrogen-bond acceptors (Lipinski definition) is 0. The third-order valence-corrected chi connectivity index (χ3v) is 8.91. The van der Waals surface area contributed by atoms with Gasteiger partial charge in [-0.15, -0.1) is 45.9 Å². The molecule has 0 saturated carbocycles. The minimum atomic E-state index is -0.493. The summed E-state index contributed by atoms with van der Waals surface area (Å²) >= 11 is 0. The van der Waals surface area contributed by atoms with Crippen LogP contribution in [0.4, 0.5) is 0 Å². The molecule has 0 aromatic heterocycles. The zero-order chi connectivity index (χ0) is 23.5. The molecule has 184 valence electrons. The van der Waals surface area contributed by atoms with Crippen LogP contribution < -0.4 is 40.7 Å². The summed E-state index contributed by atoms with van der Waals surface area (Å²) in [5.74, 6) is 0. The first-order valence-electron chi connectivity index (χ1n) is 12.0. The van der Waals surface area contributed by atoms with Crippen molar-refractivity contribution in [1.29, 1.82) is 0 Å². The van der Waals surface area contributed by atoms with Crippen LogP contribution in [0.15, 0.2) is 140 Å². The molecule has 0 N–H and O–H groups in total. The molecule has 1 aliphatic rings. The van der Waals surface area contributed by atoms with Crippen molar-refractivity contribution in [3.63, 3.8) is 0 Å². The minimum Gasteiger partial charge on any atom is -1.00 e. The Labute approximate surface area is 254 Å². The Balaban J connectivity index is 0.000000216. The van der Waals surface area contributed by atoms with Crippen molar-refractivity contribution in [2.75, 3.05) is 0 Å². The third-order valence-electron chi connectivity index (χ3n) is 6.51. The topological polar surface area (TPSA) is 0 Å². The molecule has 0 nitrogen and oxygen atoms in total. The van der Waals surface area contributed by atoms with E-state index in [2.05, 4.69) is 140 Å². The average molecular weight is 583 g/mol. The third kappa shape index (κ3) is 6.35. The molecular formula is C34H25Cl2PTi. The van der Waals surface area contributed by atoms with E-state index in [9.17, 15) is 0 Å². The Hall–Kier alpha value is -2.57. The number of fused-ring (bicyclic) bond motifs is 4. The first kappa shape index (κ1) is 30.0. The maximum Gasteiger partial charge on any atom is 4.00 e. The second-order valence-electron chi connectivity index (χ2n) is 8.75. The van der Waals surface area contributed by atoms with Gasteiger partial charge in [-0.3, -0.25) is 0 Å². The second-order valence-corrected chi connectivity index (χ2v) is 11.0. The first-order valence-corrected chi connectivity index (χ1v) is 13.3. The van der Waals surface area contributed by atoms with Crippen LogP contribution in [-0.4, -0.2) is 0 Å². The molecule has 4 heteroatoms. The van der Waals surface area contributed by atoms with Crippen LogP contribution in [-0.2, 0) is 28.1 Å². The largest absolute Gasteiger partial charge is 4.00 e. The van der Waals surface area contributed by atoms with Gasteiger partial charge in [-0.05, 0) is 25.0 Å². The molecule has 6 aromatic rings. The van der Waals surface area contributed by atoms with E-state index in [4.69, 9.17) is 0 Å². The van der Waals surface area contributed by atoms with Crippen LogP contribution in [0, 0.1) is 6.07 Å². The zero-order valence-corrected chi connectivity index (χ0v) is 24.7. The van der Waals surface area contributed by atoms with Crippen LogP contribution in [0.5, 0.6) is 0 Å². The summed E-state index contributed by atoms with van der Waals surface area (Å²) in [5.41, 5.74) is 5.51. The summed E-state index contributed by atoms with van der Waals surface area (Å²) in [7, 11) is -0.493. The molecule has 0 aliphatic heterocycles. The van der Waals surface area contributed by atoms with E-state index >= 15 is 0 Å². The van der Waals surface area contributed by atoms with E-state index in [1.165, 1.54) is 48.9 Å². The standard InChI is InChI=1S/C21H16P.C13H9.2ClH.Ti/c1-3-11-19(12-4-1)22(20-13-5-2-6-14-20)21-15-17-9-7-8-10-18(17)16-21;1-3-7-12-10(5-1)9-11-6-2-4-8-13(11)12;;;/h1-16H;1-5,7-8H,9H2;2*1H;/q2*-1;;;+4/p-2. The molecule has 6 aromatic carbocycles. The van der Waals surface area contributed by atoms with Gasteiger partial charge in [0, 0.05) is 0 Å². The van der Waals surface area contributed by atoms with E-state index < -0.39 is 7.92 Å². The summed E-state index contributed by atoms with van der Waals surface area (Å²) in [6.07, 6.45) is 1.05. The molecule has 1 aliphatic carbocycles. The van der Waals surface area contributed by atoms with Crippen molar-refractivity contribution < 1.29 is 46.5 Å². The van der Waals surface area contributed by atoms with Gasteiger partial charge in [0.1, 0.15) is 0 Å². The van der Waals surface area contributed by atoms with Crippen LogP contribution in [0.25, 0.3) is 21.9 Å². The molecule has 0 heterocycles. The van der Waals surface area contributed by atoms with E-state index in [1.54, 1.807) is 0 Å². The van der Waals surface area contributed by atoms with Gasteiger partial charge >= 0.3 is 21.7 Å². The van der Waals surface area contributed by atoms with E-state index in [-0.39, 0.29) is 46.5 Å². The normalized spacial score (nSPS) is 10.7. The molecule has 38 heavy (non-hydrogen) atoms. The average Bonchev–Trinajstić information content (AvgIpc) is 3.52. The van der Waals surface area contributed by atoms with Gasteiger partial charge in [0.15, 0.2) is 0 Å². The van der Waals surface area contributed by atoms with Crippen molar-refractivity contribution in [2.45, 2.75) is 6.42 Å². The summed E-state index contributed by atoms with van der Waals surface area (Å²) in [4.78, 5) is 0. The number of rotatable bonds is 3. The van der Waals surface area contributed by atoms with Gasteiger partial charge in [0.2, 0.25) is 0 Å². The molecule has 0 spiro atoms. The van der Waals surface area contributed by atoms with Crippen LogP contribution in [0.2, 0.25) is 0 Å². The molecular weight excluding hydrogens is 558 g/mol. The van der Waals surface area contributed by atoms with Gasteiger partial charge < -0.3 is 24.8 Å². The minimum absolute atomic E-state index is 0. The maximum absolute atomic E-state index is 3.30. The Morgan fingerprint density at radius 1 is 0.605 bits per heavy atom. The summed E-state index contributed by atoms with van der Waals surface area (Å²) in [6, 6.07) is 53.1. The predicted molar refractivity (Wildman–Crippen MR) is 152 cm³/mol. The monoisotopic (exact) mass is 582 g/mol. The summed E-state index contributed by atoms with van der Waals surface area (Å²) in [5, 5.41) is 6.89. The molecule has 0 bridgehead atoms. The smallest absolute Gasteiger partial charge is 1.00 e. The van der Waals surface area contributed by atoms with E-state index in [0.717, 1.165) is 6.42 Å². The van der Waals surface area contributed by atoms with Crippen molar-refractivity contribution in [2.24, 2.45) is 0 Å². The van der Waals surface area contributed by atoms with E-state index in [0.29, 0.717) is 0 Å². The summed E-state index contributed by atoms with van der Waals surface area (Å²) < 4.78 is 0. The van der Waals surface area contributed by atoms with Gasteiger partial charge in [-0.2, -0.15) is 35.9 Å². The van der Waals surface area contributed by atoms with Crippen LogP contribution >= 0.6 is 7.92 Å². The predicted octanol–water partition coefficient (Wildman–Crippen LogP) is 1.38. The Morgan fingerprint density at radius 3 is 1.87 bits per heavy atom. The quantitative estimate of drug-likeness (QED) is 0.168. The molecule has 0 saturated heterocycles. The molecule has 0 unspecified atom stereocenters. The number of halogens is 2. The van der Waals surface area contributed by atoms with Crippen LogP contribution in [0.1, 0.15) is 11.1 Å². The van der Waals surface area contributed by atoms with Crippen molar-refractivity contribution in [3.05, 3.63) is 157 Å². The van der Waals surface area contributed by atoms with E-state index in [1.807, 2.05) is 6.07 Å². The number of benzene rings is 5. The van der Waals surface area contributed by atoms with Crippen LogP contribution in [0.3, 0.4) is 0 Å². The molecule has 0 atom stereocenters. The Kier molecular flexibility index (Phi) is 11.0. The fourth-order valence-electron chi connectivity index (χ4n) is 4.86. The van der Waals surface area contributed by atoms with Gasteiger partial charge in [-0.25, -0.2) is 0 Å². The maximum atomic E-state index is 3.30. The SMILES string of the molecule is [Cl-].[Cl-].[Ti+4].[c-]1cccc2c1Cc1ccccc1-2.c1ccc(P(c2ccccc2)c2cc3ccccc3[cH-]2)cc1. The Morgan fingerprint density at radius 2 is 1.18 bits per heavy atom. The fraction of sp³-hybridized carbons (Fsp3) is 0.0294. The fourth-order valence-corrected chi connectivity index (χ4v) is 7.23. The molecule has 0 radical (unpaired) electrons. The van der Waals surface area contributed by atoms with Crippen molar-refractivity contribution in [3.8, 4) is 11.1 Å². The first-order chi connectivity index (χ1) is 17.4. The molecule has 0 fully saturated rings. The zero-order valence-electron chi connectivity index (χ0n) is 20.7. The molecule has 7 rings (SSSR count).